The molecule has 0 spiro atoms. The number of anilines is 1. The van der Waals surface area contributed by atoms with Crippen molar-refractivity contribution in [3.8, 4) is 5.75 Å². The summed E-state index contributed by atoms with van der Waals surface area (Å²) in [5.41, 5.74) is 2.84. The number of urea groups is 1. The number of benzene rings is 2. The third-order valence-electron chi connectivity index (χ3n) is 4.94. The Morgan fingerprint density at radius 1 is 0.966 bits per heavy atom. The number of Topliss-reactive ketones (excluding diaryl/α,β-unsaturated/α-hetero) is 1. The molecule has 0 atom stereocenters. The van der Waals surface area contributed by atoms with Crippen molar-refractivity contribution < 1.29 is 14.3 Å². The molecule has 1 fully saturated rings. The maximum Gasteiger partial charge on any atom is 0.317 e. The van der Waals surface area contributed by atoms with Gasteiger partial charge in [-0.1, -0.05) is 12.1 Å². The van der Waals surface area contributed by atoms with Gasteiger partial charge in [-0.2, -0.15) is 0 Å². The van der Waals surface area contributed by atoms with E-state index in [9.17, 15) is 9.59 Å². The highest BCUT2D eigenvalue weighted by molar-refractivity contribution is 5.94. The highest BCUT2D eigenvalue weighted by atomic mass is 16.5. The number of nitrogens with zero attached hydrogens (tertiary/aromatic N) is 2. The van der Waals surface area contributed by atoms with E-state index in [4.69, 9.17) is 4.74 Å². The van der Waals surface area contributed by atoms with E-state index in [1.807, 2.05) is 67.3 Å². The fourth-order valence-electron chi connectivity index (χ4n) is 3.32. The predicted octanol–water partition coefficient (Wildman–Crippen LogP) is 3.71. The average molecular weight is 396 g/mol. The molecule has 2 aromatic rings. The minimum atomic E-state index is -0.0425. The van der Waals surface area contributed by atoms with Crippen LogP contribution in [-0.2, 0) is 6.54 Å². The van der Waals surface area contributed by atoms with E-state index in [0.717, 1.165) is 35.7 Å². The molecule has 1 heterocycles. The van der Waals surface area contributed by atoms with E-state index < -0.39 is 0 Å². The van der Waals surface area contributed by atoms with Gasteiger partial charge in [-0.15, -0.1) is 0 Å². The average Bonchev–Trinajstić information content (AvgIpc) is 2.73. The summed E-state index contributed by atoms with van der Waals surface area (Å²) in [7, 11) is 0. The fraction of sp³-hybridized carbons (Fsp3) is 0.391. The lowest BCUT2D eigenvalue weighted by Gasteiger charge is -2.36. The van der Waals surface area contributed by atoms with Crippen LogP contribution in [0.15, 0.2) is 48.5 Å². The molecule has 2 aromatic carbocycles. The van der Waals surface area contributed by atoms with E-state index in [1.165, 1.54) is 0 Å². The zero-order valence-electron chi connectivity index (χ0n) is 17.4. The molecule has 0 saturated carbocycles. The van der Waals surface area contributed by atoms with Gasteiger partial charge in [0.05, 0.1) is 6.10 Å². The molecule has 0 aromatic heterocycles. The molecule has 154 valence electrons. The van der Waals surface area contributed by atoms with Crippen molar-refractivity contribution in [1.29, 1.82) is 0 Å². The van der Waals surface area contributed by atoms with E-state index in [1.54, 1.807) is 6.92 Å². The number of ether oxygens (including phenoxy) is 1. The largest absolute Gasteiger partial charge is 0.491 e. The number of hydrogen-bond donors (Lipinski definition) is 1. The number of hydrogen-bond acceptors (Lipinski definition) is 4. The van der Waals surface area contributed by atoms with E-state index in [0.29, 0.717) is 19.6 Å². The second-order valence-electron chi connectivity index (χ2n) is 7.55. The summed E-state index contributed by atoms with van der Waals surface area (Å²) >= 11 is 0. The first-order chi connectivity index (χ1) is 13.9. The van der Waals surface area contributed by atoms with E-state index >= 15 is 0 Å². The van der Waals surface area contributed by atoms with Crippen molar-refractivity contribution in [2.75, 3.05) is 31.1 Å². The van der Waals surface area contributed by atoms with Crippen molar-refractivity contribution in [1.82, 2.24) is 10.2 Å². The van der Waals surface area contributed by atoms with Crippen molar-refractivity contribution in [3.05, 3.63) is 59.7 Å². The number of ketones is 1. The van der Waals surface area contributed by atoms with Crippen LogP contribution in [-0.4, -0.2) is 49.0 Å². The number of piperazine rings is 1. The summed E-state index contributed by atoms with van der Waals surface area (Å²) in [6.45, 7) is 8.93. The molecule has 1 aliphatic rings. The molecule has 29 heavy (non-hydrogen) atoms. The topological polar surface area (TPSA) is 61.9 Å². The number of amides is 2. The zero-order valence-corrected chi connectivity index (χ0v) is 17.4. The summed E-state index contributed by atoms with van der Waals surface area (Å²) in [6, 6.07) is 15.4. The van der Waals surface area contributed by atoms with Gasteiger partial charge in [0, 0.05) is 44.0 Å². The first-order valence-electron chi connectivity index (χ1n) is 10.1. The molecule has 0 radical (unpaired) electrons. The molecule has 0 unspecified atom stereocenters. The molecule has 0 aliphatic carbocycles. The van der Waals surface area contributed by atoms with Gasteiger partial charge >= 0.3 is 6.03 Å². The SMILES string of the molecule is CC(=O)c1ccc(N2CCN(C(=O)NCc3ccc(OC(C)C)cc3)CC2)cc1. The Labute approximate surface area is 172 Å². The molecule has 6 heteroatoms. The molecule has 3 rings (SSSR count). The zero-order chi connectivity index (χ0) is 20.8. The maximum absolute atomic E-state index is 12.5. The van der Waals surface area contributed by atoms with Crippen LogP contribution >= 0.6 is 0 Å². The van der Waals surface area contributed by atoms with Crippen LogP contribution in [0.4, 0.5) is 10.5 Å². The highest BCUT2D eigenvalue weighted by Crippen LogP contribution is 2.18. The Kier molecular flexibility index (Phi) is 6.75. The Morgan fingerprint density at radius 2 is 1.59 bits per heavy atom. The van der Waals surface area contributed by atoms with Crippen LogP contribution in [0.1, 0.15) is 36.7 Å². The van der Waals surface area contributed by atoms with Gasteiger partial charge in [-0.05, 0) is 62.7 Å². The molecule has 1 saturated heterocycles. The third kappa shape index (κ3) is 5.73. The standard InChI is InChI=1S/C23H29N3O3/c1-17(2)29-22-10-4-19(5-11-22)16-24-23(28)26-14-12-25(13-15-26)21-8-6-20(7-9-21)18(3)27/h4-11,17H,12-16H2,1-3H3,(H,24,28). The number of nitrogens with one attached hydrogen (secondary N) is 1. The Morgan fingerprint density at radius 3 is 2.14 bits per heavy atom. The van der Waals surface area contributed by atoms with Gasteiger partial charge < -0.3 is 19.9 Å². The van der Waals surface area contributed by atoms with E-state index in [-0.39, 0.29) is 17.9 Å². The highest BCUT2D eigenvalue weighted by Gasteiger charge is 2.21. The van der Waals surface area contributed by atoms with Gasteiger partial charge in [-0.25, -0.2) is 4.79 Å². The molecule has 1 N–H and O–H groups in total. The van der Waals surface area contributed by atoms with Crippen molar-refractivity contribution in [2.45, 2.75) is 33.4 Å². The first-order valence-corrected chi connectivity index (χ1v) is 10.1. The van der Waals surface area contributed by atoms with Gasteiger partial charge in [0.15, 0.2) is 5.78 Å². The lowest BCUT2D eigenvalue weighted by atomic mass is 10.1. The maximum atomic E-state index is 12.5. The quantitative estimate of drug-likeness (QED) is 0.758. The number of carbonyl (C=O) groups is 2. The summed E-state index contributed by atoms with van der Waals surface area (Å²) < 4.78 is 5.64. The van der Waals surface area contributed by atoms with Crippen LogP contribution in [0, 0.1) is 0 Å². The molecule has 6 nitrogen and oxygen atoms in total. The van der Waals surface area contributed by atoms with Gasteiger partial charge in [0.2, 0.25) is 0 Å². The van der Waals surface area contributed by atoms with Gasteiger partial charge in [0.25, 0.3) is 0 Å². The minimum absolute atomic E-state index is 0.0425. The normalized spacial score (nSPS) is 14.1. The lowest BCUT2D eigenvalue weighted by Crippen LogP contribution is -2.51. The molecular weight excluding hydrogens is 366 g/mol. The summed E-state index contributed by atoms with van der Waals surface area (Å²) in [5, 5.41) is 2.99. The summed E-state index contributed by atoms with van der Waals surface area (Å²) in [6.07, 6.45) is 0.145. The van der Waals surface area contributed by atoms with Crippen molar-refractivity contribution in [2.24, 2.45) is 0 Å². The number of rotatable bonds is 6. The van der Waals surface area contributed by atoms with Crippen LogP contribution in [0.3, 0.4) is 0 Å². The molecule has 0 bridgehead atoms. The first kappa shape index (κ1) is 20.7. The monoisotopic (exact) mass is 395 g/mol. The summed E-state index contributed by atoms with van der Waals surface area (Å²) in [4.78, 5) is 28.0. The Balaban J connectivity index is 1.45. The Bertz CT molecular complexity index is 823. The third-order valence-corrected chi connectivity index (χ3v) is 4.94. The second kappa shape index (κ2) is 9.45. The summed E-state index contributed by atoms with van der Waals surface area (Å²) in [5.74, 6) is 0.905. The van der Waals surface area contributed by atoms with E-state index in [2.05, 4.69) is 10.2 Å². The predicted molar refractivity (Wildman–Crippen MR) is 115 cm³/mol. The van der Waals surface area contributed by atoms with Crippen LogP contribution in [0.5, 0.6) is 5.75 Å². The molecule has 1 aliphatic heterocycles. The fourth-order valence-corrected chi connectivity index (χ4v) is 3.32. The van der Waals surface area contributed by atoms with Crippen molar-refractivity contribution in [3.63, 3.8) is 0 Å². The van der Waals surface area contributed by atoms with Crippen LogP contribution < -0.4 is 15.0 Å². The number of carbonyl (C=O) groups excluding carboxylic acids is 2. The smallest absolute Gasteiger partial charge is 0.317 e. The molecule has 2 amide bonds. The Hall–Kier alpha value is -3.02. The van der Waals surface area contributed by atoms with Gasteiger partial charge in [0.1, 0.15) is 5.75 Å². The van der Waals surface area contributed by atoms with Gasteiger partial charge in [-0.3, -0.25) is 4.79 Å². The van der Waals surface area contributed by atoms with Crippen LogP contribution in [0.2, 0.25) is 0 Å². The minimum Gasteiger partial charge on any atom is -0.491 e. The van der Waals surface area contributed by atoms with Crippen LogP contribution in [0.25, 0.3) is 0 Å². The lowest BCUT2D eigenvalue weighted by molar-refractivity contribution is 0.101. The second-order valence-corrected chi connectivity index (χ2v) is 7.55. The van der Waals surface area contributed by atoms with Crippen molar-refractivity contribution >= 4 is 17.5 Å². The molecular formula is C23H29N3O3.